The fourth-order valence-corrected chi connectivity index (χ4v) is 2.13. The summed E-state index contributed by atoms with van der Waals surface area (Å²) in [6.07, 6.45) is 1.58. The van der Waals surface area contributed by atoms with Crippen LogP contribution in [0.1, 0.15) is 5.56 Å². The third-order valence-electron chi connectivity index (χ3n) is 3.12. The molecule has 0 bridgehead atoms. The lowest BCUT2D eigenvalue weighted by atomic mass is 10.2. The highest BCUT2D eigenvalue weighted by molar-refractivity contribution is 5.69. The Bertz CT molecular complexity index is 841. The van der Waals surface area contributed by atoms with E-state index >= 15 is 0 Å². The van der Waals surface area contributed by atoms with Gasteiger partial charge in [-0.25, -0.2) is 9.78 Å². The van der Waals surface area contributed by atoms with Crippen molar-refractivity contribution in [2.75, 3.05) is 0 Å². The fraction of sp³-hybridized carbons (Fsp3) is 0.154. The van der Waals surface area contributed by atoms with E-state index in [-0.39, 0.29) is 11.2 Å². The number of aryl methyl sites for hydroxylation is 1. The Labute approximate surface area is 108 Å². The molecule has 0 saturated heterocycles. The van der Waals surface area contributed by atoms with Crippen LogP contribution in [0, 0.1) is 5.41 Å². The van der Waals surface area contributed by atoms with Gasteiger partial charge in [0.2, 0.25) is 0 Å². The number of aromatic amines is 1. The molecule has 6 nitrogen and oxygen atoms in total. The van der Waals surface area contributed by atoms with Gasteiger partial charge < -0.3 is 4.57 Å². The van der Waals surface area contributed by atoms with E-state index in [1.54, 1.807) is 13.4 Å². The van der Waals surface area contributed by atoms with Crippen LogP contribution in [0.15, 0.2) is 41.5 Å². The number of imidazole rings is 1. The Hall–Kier alpha value is -2.63. The van der Waals surface area contributed by atoms with Gasteiger partial charge in [0.1, 0.15) is 11.2 Å². The standard InChI is InChI=1S/C13H13N5O/c1-17-10-11(14)15-8-18(12(10)16-13(17)19)7-9-5-3-2-4-6-9/h2-6,8,14H,7H2,1H3,(H,16,19). The first kappa shape index (κ1) is 11.5. The second kappa shape index (κ2) is 4.24. The van der Waals surface area contributed by atoms with Crippen LogP contribution in [0.4, 0.5) is 0 Å². The van der Waals surface area contributed by atoms with E-state index in [1.165, 1.54) is 4.57 Å². The van der Waals surface area contributed by atoms with Crippen molar-refractivity contribution in [3.05, 3.63) is 58.2 Å². The number of hydrogen-bond acceptors (Lipinski definition) is 3. The average Bonchev–Trinajstić information content (AvgIpc) is 2.72. The Morgan fingerprint density at radius 3 is 2.79 bits per heavy atom. The van der Waals surface area contributed by atoms with Gasteiger partial charge in [-0.05, 0) is 5.56 Å². The lowest BCUT2D eigenvalue weighted by molar-refractivity contribution is 0.782. The molecule has 96 valence electrons. The molecule has 0 fully saturated rings. The summed E-state index contributed by atoms with van der Waals surface area (Å²) in [6.45, 7) is 0.602. The summed E-state index contributed by atoms with van der Waals surface area (Å²) in [6, 6.07) is 9.91. The Morgan fingerprint density at radius 2 is 2.05 bits per heavy atom. The summed E-state index contributed by atoms with van der Waals surface area (Å²) in [7, 11) is 1.63. The predicted molar refractivity (Wildman–Crippen MR) is 70.7 cm³/mol. The van der Waals surface area contributed by atoms with Gasteiger partial charge in [0.15, 0.2) is 5.49 Å². The highest BCUT2D eigenvalue weighted by Crippen LogP contribution is 2.07. The maximum Gasteiger partial charge on any atom is 0.327 e. The molecule has 6 heteroatoms. The summed E-state index contributed by atoms with van der Waals surface area (Å²) in [5.41, 5.74) is 2.11. The minimum atomic E-state index is -0.238. The molecule has 1 aromatic carbocycles. The van der Waals surface area contributed by atoms with Crippen LogP contribution in [0.25, 0.3) is 11.2 Å². The van der Waals surface area contributed by atoms with E-state index < -0.39 is 0 Å². The number of nitrogens with one attached hydrogen (secondary N) is 2. The lowest BCUT2D eigenvalue weighted by Crippen LogP contribution is -2.17. The Balaban J connectivity index is 2.21. The number of nitrogens with zero attached hydrogens (tertiary/aromatic N) is 3. The van der Waals surface area contributed by atoms with Crippen LogP contribution in [-0.4, -0.2) is 19.1 Å². The molecule has 0 aliphatic carbocycles. The van der Waals surface area contributed by atoms with Crippen molar-refractivity contribution in [1.82, 2.24) is 19.1 Å². The van der Waals surface area contributed by atoms with E-state index in [0.29, 0.717) is 17.7 Å². The molecule has 19 heavy (non-hydrogen) atoms. The number of benzene rings is 1. The number of aromatic nitrogens is 4. The molecule has 0 atom stereocenters. The van der Waals surface area contributed by atoms with Crippen molar-refractivity contribution >= 4 is 11.2 Å². The molecule has 0 saturated carbocycles. The monoisotopic (exact) mass is 255 g/mol. The van der Waals surface area contributed by atoms with Crippen molar-refractivity contribution in [2.24, 2.45) is 7.05 Å². The van der Waals surface area contributed by atoms with E-state index in [0.717, 1.165) is 5.56 Å². The summed E-state index contributed by atoms with van der Waals surface area (Å²) < 4.78 is 3.25. The maximum atomic E-state index is 11.7. The first-order valence-electron chi connectivity index (χ1n) is 5.89. The van der Waals surface area contributed by atoms with E-state index in [4.69, 9.17) is 5.41 Å². The molecule has 0 aliphatic rings. The van der Waals surface area contributed by atoms with E-state index in [1.807, 2.05) is 34.9 Å². The zero-order valence-corrected chi connectivity index (χ0v) is 10.4. The largest absolute Gasteiger partial charge is 0.327 e. The zero-order valence-electron chi connectivity index (χ0n) is 10.4. The van der Waals surface area contributed by atoms with Crippen molar-refractivity contribution in [3.63, 3.8) is 0 Å². The lowest BCUT2D eigenvalue weighted by Gasteiger charge is -2.07. The highest BCUT2D eigenvalue weighted by atomic mass is 16.1. The first-order valence-corrected chi connectivity index (χ1v) is 5.89. The number of H-pyrrole nitrogens is 1. The maximum absolute atomic E-state index is 11.7. The normalized spacial score (nSPS) is 11.0. The molecule has 0 spiro atoms. The van der Waals surface area contributed by atoms with Crippen LogP contribution in [0.5, 0.6) is 0 Å². The Kier molecular flexibility index (Phi) is 2.56. The molecule has 3 aromatic rings. The quantitative estimate of drug-likeness (QED) is 0.703. The minimum absolute atomic E-state index is 0.0974. The molecular formula is C13H13N5O. The molecule has 2 aromatic heterocycles. The van der Waals surface area contributed by atoms with Crippen LogP contribution < -0.4 is 11.2 Å². The molecule has 0 amide bonds. The topological polar surface area (TPSA) is 79.5 Å². The van der Waals surface area contributed by atoms with E-state index in [9.17, 15) is 4.79 Å². The molecule has 2 N–H and O–H groups in total. The molecular weight excluding hydrogens is 242 g/mol. The van der Waals surface area contributed by atoms with Crippen molar-refractivity contribution in [2.45, 2.75) is 6.54 Å². The summed E-state index contributed by atoms with van der Waals surface area (Å²) in [4.78, 5) is 18.5. The average molecular weight is 255 g/mol. The van der Waals surface area contributed by atoms with Gasteiger partial charge in [-0.15, -0.1) is 0 Å². The summed E-state index contributed by atoms with van der Waals surface area (Å²) >= 11 is 0. The Morgan fingerprint density at radius 1 is 1.32 bits per heavy atom. The smallest absolute Gasteiger partial charge is 0.312 e. The highest BCUT2D eigenvalue weighted by Gasteiger charge is 2.09. The summed E-state index contributed by atoms with van der Waals surface area (Å²) in [5.74, 6) is 0. The van der Waals surface area contributed by atoms with Gasteiger partial charge in [-0.3, -0.25) is 15.0 Å². The first-order chi connectivity index (χ1) is 9.16. The van der Waals surface area contributed by atoms with Gasteiger partial charge in [0.05, 0.1) is 12.9 Å². The SMILES string of the molecule is Cn1c(=O)[nH]c2c1c(=N)ncn2Cc1ccccc1. The number of hydrogen-bond donors (Lipinski definition) is 2. The van der Waals surface area contributed by atoms with Gasteiger partial charge in [-0.1, -0.05) is 30.3 Å². The van der Waals surface area contributed by atoms with Crippen LogP contribution in [-0.2, 0) is 13.6 Å². The number of rotatable bonds is 2. The number of fused-ring (bicyclic) bond motifs is 1. The molecule has 0 aliphatic heterocycles. The zero-order chi connectivity index (χ0) is 13.4. The van der Waals surface area contributed by atoms with Crippen LogP contribution in [0.3, 0.4) is 0 Å². The van der Waals surface area contributed by atoms with Gasteiger partial charge >= 0.3 is 5.69 Å². The van der Waals surface area contributed by atoms with Crippen molar-refractivity contribution < 1.29 is 0 Å². The molecule has 0 unspecified atom stereocenters. The van der Waals surface area contributed by atoms with Gasteiger partial charge in [0, 0.05) is 7.05 Å². The van der Waals surface area contributed by atoms with Gasteiger partial charge in [0.25, 0.3) is 0 Å². The fourth-order valence-electron chi connectivity index (χ4n) is 2.13. The molecule has 0 radical (unpaired) electrons. The van der Waals surface area contributed by atoms with Gasteiger partial charge in [-0.2, -0.15) is 0 Å². The minimum Gasteiger partial charge on any atom is -0.312 e. The van der Waals surface area contributed by atoms with Crippen LogP contribution >= 0.6 is 0 Å². The predicted octanol–water partition coefficient (Wildman–Crippen LogP) is 0.591. The summed E-state index contributed by atoms with van der Waals surface area (Å²) in [5, 5.41) is 7.79. The van der Waals surface area contributed by atoms with Crippen LogP contribution in [0.2, 0.25) is 0 Å². The molecule has 2 heterocycles. The van der Waals surface area contributed by atoms with E-state index in [2.05, 4.69) is 9.97 Å². The second-order valence-electron chi connectivity index (χ2n) is 4.39. The third-order valence-corrected chi connectivity index (χ3v) is 3.12. The van der Waals surface area contributed by atoms with Crippen molar-refractivity contribution in [3.8, 4) is 0 Å². The molecule has 3 rings (SSSR count). The van der Waals surface area contributed by atoms with Crippen molar-refractivity contribution in [1.29, 1.82) is 5.41 Å². The second-order valence-corrected chi connectivity index (χ2v) is 4.39. The third kappa shape index (κ3) is 1.87.